The number of carbonyl (C=O) groups is 1. The fourth-order valence-electron chi connectivity index (χ4n) is 1.33. The highest BCUT2D eigenvalue weighted by molar-refractivity contribution is 6.32. The quantitative estimate of drug-likeness (QED) is 0.902. The minimum atomic E-state index is -0.902. The number of ether oxygens (including phenoxy) is 1. The molecular weight excluding hydrogens is 264 g/mol. The number of benzene rings is 1. The van der Waals surface area contributed by atoms with E-state index < -0.39 is 5.54 Å². The van der Waals surface area contributed by atoms with Crippen molar-refractivity contribution < 1.29 is 9.53 Å². The van der Waals surface area contributed by atoms with Crippen molar-refractivity contribution in [1.29, 1.82) is 5.26 Å². The Labute approximate surface area is 118 Å². The van der Waals surface area contributed by atoms with Gasteiger partial charge >= 0.3 is 0 Å². The molecule has 0 fully saturated rings. The maximum atomic E-state index is 11.8. The van der Waals surface area contributed by atoms with Gasteiger partial charge in [0.2, 0.25) is 0 Å². The van der Waals surface area contributed by atoms with E-state index in [9.17, 15) is 4.79 Å². The summed E-state index contributed by atoms with van der Waals surface area (Å²) in [6, 6.07) is 9.02. The third-order valence-corrected chi connectivity index (χ3v) is 3.29. The molecule has 0 saturated heterocycles. The van der Waals surface area contributed by atoms with Gasteiger partial charge in [0, 0.05) is 0 Å². The van der Waals surface area contributed by atoms with Gasteiger partial charge in [-0.15, -0.1) is 0 Å². The van der Waals surface area contributed by atoms with Gasteiger partial charge in [0.05, 0.1) is 11.1 Å². The van der Waals surface area contributed by atoms with E-state index in [1.54, 1.807) is 31.2 Å². The molecule has 0 aliphatic heterocycles. The van der Waals surface area contributed by atoms with Crippen LogP contribution in [0.5, 0.6) is 5.75 Å². The Morgan fingerprint density at radius 3 is 2.68 bits per heavy atom. The molecule has 0 saturated carbocycles. The minimum Gasteiger partial charge on any atom is -0.482 e. The van der Waals surface area contributed by atoms with Crippen molar-refractivity contribution in [3.63, 3.8) is 0 Å². The zero-order valence-electron chi connectivity index (χ0n) is 11.2. The Morgan fingerprint density at radius 2 is 2.16 bits per heavy atom. The molecule has 1 atom stereocenters. The average Bonchev–Trinajstić information content (AvgIpc) is 2.37. The van der Waals surface area contributed by atoms with Gasteiger partial charge in [-0.25, -0.2) is 0 Å². The lowest BCUT2D eigenvalue weighted by molar-refractivity contribution is -0.124. The average molecular weight is 281 g/mol. The molecule has 0 radical (unpaired) electrons. The second kappa shape index (κ2) is 6.44. The van der Waals surface area contributed by atoms with E-state index in [0.717, 1.165) is 0 Å². The van der Waals surface area contributed by atoms with Crippen molar-refractivity contribution in [2.75, 3.05) is 6.61 Å². The molecule has 102 valence electrons. The maximum absolute atomic E-state index is 11.8. The highest BCUT2D eigenvalue weighted by Crippen LogP contribution is 2.23. The van der Waals surface area contributed by atoms with Gasteiger partial charge < -0.3 is 10.1 Å². The molecule has 0 heterocycles. The summed E-state index contributed by atoms with van der Waals surface area (Å²) in [5.74, 6) is 0.0990. The van der Waals surface area contributed by atoms with Crippen LogP contribution in [-0.2, 0) is 4.79 Å². The number of hydrogen-bond donors (Lipinski definition) is 1. The lowest BCUT2D eigenvalue weighted by Crippen LogP contribution is -2.50. The van der Waals surface area contributed by atoms with Crippen LogP contribution in [0.3, 0.4) is 0 Å². The summed E-state index contributed by atoms with van der Waals surface area (Å²) in [5, 5.41) is 12.2. The van der Waals surface area contributed by atoms with E-state index in [0.29, 0.717) is 10.8 Å². The van der Waals surface area contributed by atoms with Gasteiger partial charge in [-0.05, 0) is 25.0 Å². The molecule has 19 heavy (non-hydrogen) atoms. The predicted molar refractivity (Wildman–Crippen MR) is 73.9 cm³/mol. The summed E-state index contributed by atoms with van der Waals surface area (Å²) in [6.45, 7) is 5.26. The summed E-state index contributed by atoms with van der Waals surface area (Å²) in [6.07, 6.45) is 0. The first-order valence-electron chi connectivity index (χ1n) is 5.98. The topological polar surface area (TPSA) is 62.1 Å². The van der Waals surface area contributed by atoms with E-state index in [4.69, 9.17) is 21.6 Å². The summed E-state index contributed by atoms with van der Waals surface area (Å²) in [7, 11) is 0. The SMILES string of the molecule is CC(C)[C@@](C)(C#N)NC(=O)COc1ccccc1Cl. The standard InChI is InChI=1S/C14H17ClN2O2/c1-10(2)14(3,9-16)17-13(18)8-19-12-7-5-4-6-11(12)15/h4-7,10H,8H2,1-3H3,(H,17,18)/t14-/m1/s1. The van der Waals surface area contributed by atoms with E-state index in [2.05, 4.69) is 11.4 Å². The van der Waals surface area contributed by atoms with Crippen LogP contribution in [0.1, 0.15) is 20.8 Å². The first-order valence-corrected chi connectivity index (χ1v) is 6.36. The van der Waals surface area contributed by atoms with Crippen LogP contribution in [0.15, 0.2) is 24.3 Å². The molecule has 5 heteroatoms. The summed E-state index contributed by atoms with van der Waals surface area (Å²) >= 11 is 5.91. The molecule has 0 aliphatic rings. The fraction of sp³-hybridized carbons (Fsp3) is 0.429. The highest BCUT2D eigenvalue weighted by Gasteiger charge is 2.30. The molecule has 0 aromatic heterocycles. The van der Waals surface area contributed by atoms with Gasteiger partial charge in [-0.1, -0.05) is 37.6 Å². The van der Waals surface area contributed by atoms with Gasteiger partial charge in [0.15, 0.2) is 6.61 Å². The van der Waals surface area contributed by atoms with Crippen LogP contribution in [0.4, 0.5) is 0 Å². The van der Waals surface area contributed by atoms with E-state index in [1.807, 2.05) is 13.8 Å². The predicted octanol–water partition coefficient (Wildman–Crippen LogP) is 2.77. The number of amides is 1. The van der Waals surface area contributed by atoms with Crippen molar-refractivity contribution in [2.24, 2.45) is 5.92 Å². The molecule has 0 bridgehead atoms. The number of rotatable bonds is 5. The third-order valence-electron chi connectivity index (χ3n) is 2.98. The first-order chi connectivity index (χ1) is 8.89. The Kier molecular flexibility index (Phi) is 5.20. The van der Waals surface area contributed by atoms with Crippen LogP contribution >= 0.6 is 11.6 Å². The molecule has 0 spiro atoms. The molecule has 1 N–H and O–H groups in total. The molecule has 4 nitrogen and oxygen atoms in total. The Morgan fingerprint density at radius 1 is 1.53 bits per heavy atom. The first kappa shape index (κ1) is 15.3. The normalized spacial score (nSPS) is 13.5. The minimum absolute atomic E-state index is 0.00163. The van der Waals surface area contributed by atoms with Crippen molar-refractivity contribution in [1.82, 2.24) is 5.32 Å². The van der Waals surface area contributed by atoms with Crippen molar-refractivity contribution >= 4 is 17.5 Å². The highest BCUT2D eigenvalue weighted by atomic mass is 35.5. The lowest BCUT2D eigenvalue weighted by Gasteiger charge is -2.27. The molecule has 1 aromatic carbocycles. The van der Waals surface area contributed by atoms with Crippen LogP contribution in [-0.4, -0.2) is 18.1 Å². The monoisotopic (exact) mass is 280 g/mol. The smallest absolute Gasteiger partial charge is 0.259 e. The second-order valence-corrected chi connectivity index (χ2v) is 5.14. The molecular formula is C14H17ClN2O2. The van der Waals surface area contributed by atoms with Gasteiger partial charge in [0.25, 0.3) is 5.91 Å². The van der Waals surface area contributed by atoms with E-state index in [-0.39, 0.29) is 18.4 Å². The van der Waals surface area contributed by atoms with Crippen LogP contribution < -0.4 is 10.1 Å². The summed E-state index contributed by atoms with van der Waals surface area (Å²) in [5.41, 5.74) is -0.902. The zero-order valence-corrected chi connectivity index (χ0v) is 12.0. The Balaban J connectivity index is 2.58. The Bertz CT molecular complexity index is 496. The Hall–Kier alpha value is -1.73. The van der Waals surface area contributed by atoms with Crippen molar-refractivity contribution in [3.05, 3.63) is 29.3 Å². The zero-order chi connectivity index (χ0) is 14.5. The van der Waals surface area contributed by atoms with Crippen LogP contribution in [0.25, 0.3) is 0 Å². The molecule has 0 unspecified atom stereocenters. The van der Waals surface area contributed by atoms with E-state index >= 15 is 0 Å². The number of nitriles is 1. The summed E-state index contributed by atoms with van der Waals surface area (Å²) < 4.78 is 5.32. The summed E-state index contributed by atoms with van der Waals surface area (Å²) in [4.78, 5) is 11.8. The number of hydrogen-bond acceptors (Lipinski definition) is 3. The largest absolute Gasteiger partial charge is 0.482 e. The third kappa shape index (κ3) is 4.15. The molecule has 1 rings (SSSR count). The van der Waals surface area contributed by atoms with Crippen LogP contribution in [0.2, 0.25) is 5.02 Å². The number of nitrogens with one attached hydrogen (secondary N) is 1. The second-order valence-electron chi connectivity index (χ2n) is 4.74. The van der Waals surface area contributed by atoms with Gasteiger partial charge in [-0.2, -0.15) is 5.26 Å². The number of para-hydroxylation sites is 1. The van der Waals surface area contributed by atoms with Crippen molar-refractivity contribution in [2.45, 2.75) is 26.3 Å². The van der Waals surface area contributed by atoms with Crippen LogP contribution in [0, 0.1) is 17.2 Å². The van der Waals surface area contributed by atoms with Gasteiger partial charge in [0.1, 0.15) is 11.3 Å². The fourth-order valence-corrected chi connectivity index (χ4v) is 1.52. The molecule has 1 aromatic rings. The number of carbonyl (C=O) groups excluding carboxylic acids is 1. The van der Waals surface area contributed by atoms with Gasteiger partial charge in [-0.3, -0.25) is 4.79 Å². The van der Waals surface area contributed by atoms with Crippen molar-refractivity contribution in [3.8, 4) is 11.8 Å². The van der Waals surface area contributed by atoms with E-state index in [1.165, 1.54) is 0 Å². The number of halogens is 1. The molecule has 0 aliphatic carbocycles. The molecule has 1 amide bonds. The maximum Gasteiger partial charge on any atom is 0.259 e. The lowest BCUT2D eigenvalue weighted by atomic mass is 9.90. The number of nitrogens with zero attached hydrogens (tertiary/aromatic N) is 1.